The van der Waals surface area contributed by atoms with Gasteiger partial charge in [-0.1, -0.05) is 24.9 Å². The predicted octanol–water partition coefficient (Wildman–Crippen LogP) is 4.34. The molecule has 2 saturated heterocycles. The van der Waals surface area contributed by atoms with E-state index in [-0.39, 0.29) is 23.8 Å². The van der Waals surface area contributed by atoms with Gasteiger partial charge in [0.25, 0.3) is 0 Å². The lowest BCUT2D eigenvalue weighted by molar-refractivity contribution is -0.137. The highest BCUT2D eigenvalue weighted by molar-refractivity contribution is 6.31. The number of ether oxygens (including phenoxy) is 3. The maximum atomic E-state index is 12.5. The first-order valence-corrected chi connectivity index (χ1v) is 10.9. The van der Waals surface area contributed by atoms with Crippen LogP contribution in [0.3, 0.4) is 0 Å². The molecule has 0 aromatic heterocycles. The van der Waals surface area contributed by atoms with Gasteiger partial charge >= 0.3 is 5.97 Å². The van der Waals surface area contributed by atoms with Gasteiger partial charge in [0.15, 0.2) is 0 Å². The van der Waals surface area contributed by atoms with Crippen molar-refractivity contribution in [3.8, 4) is 5.75 Å². The fourth-order valence-electron chi connectivity index (χ4n) is 5.47. The van der Waals surface area contributed by atoms with Crippen LogP contribution in [0, 0.1) is 11.8 Å². The van der Waals surface area contributed by atoms with E-state index in [0.29, 0.717) is 16.5 Å². The van der Waals surface area contributed by atoms with Crippen LogP contribution in [0.4, 0.5) is 5.69 Å². The number of piperidine rings is 2. The van der Waals surface area contributed by atoms with Crippen LogP contribution >= 0.6 is 11.6 Å². The summed E-state index contributed by atoms with van der Waals surface area (Å²) in [6.07, 6.45) is 4.38. The van der Waals surface area contributed by atoms with Crippen LogP contribution in [0.25, 0.3) is 0 Å². The summed E-state index contributed by atoms with van der Waals surface area (Å²) in [5.74, 6) is 1.17. The first-order chi connectivity index (χ1) is 14.5. The molecule has 30 heavy (non-hydrogen) atoms. The highest BCUT2D eigenvalue weighted by Crippen LogP contribution is 2.50. The van der Waals surface area contributed by atoms with E-state index in [9.17, 15) is 4.79 Å². The maximum absolute atomic E-state index is 12.5. The minimum Gasteiger partial charge on any atom is -0.504 e. The number of fused-ring (bicyclic) bond motifs is 5. The number of hydrogen-bond acceptors (Lipinski definition) is 6. The molecule has 4 unspecified atom stereocenters. The first-order valence-electron chi connectivity index (χ1n) is 10.5. The standard InChI is InChI=1S/C23H29ClN2O4/c1-5-13-11-26-7-6-15-21-18(8-14(24)9-20(21)29-3)25-22(15)19(26)10-16(13)17(12-28-2)23(27)30-4/h8-9,12-13,15-16,19H,5-7,10-11H2,1-4H3/b17-12+. The summed E-state index contributed by atoms with van der Waals surface area (Å²) in [6.45, 7) is 4.12. The third-order valence-corrected chi connectivity index (χ3v) is 7.07. The molecule has 0 saturated carbocycles. The fraction of sp³-hybridized carbons (Fsp3) is 0.565. The molecule has 4 rings (SSSR count). The highest BCUT2D eigenvalue weighted by Gasteiger charge is 2.47. The van der Waals surface area contributed by atoms with Crippen molar-refractivity contribution in [2.45, 2.75) is 38.1 Å². The van der Waals surface area contributed by atoms with Gasteiger partial charge in [-0.25, -0.2) is 4.79 Å². The second kappa shape index (κ2) is 8.60. The van der Waals surface area contributed by atoms with E-state index in [1.54, 1.807) is 20.5 Å². The Kier molecular flexibility index (Phi) is 6.07. The number of hydrogen-bond donors (Lipinski definition) is 0. The molecular formula is C23H29ClN2O4. The van der Waals surface area contributed by atoms with Gasteiger partial charge in [0, 0.05) is 34.8 Å². The highest BCUT2D eigenvalue weighted by atomic mass is 35.5. The Morgan fingerprint density at radius 2 is 2.13 bits per heavy atom. The van der Waals surface area contributed by atoms with Crippen LogP contribution in [0.1, 0.15) is 37.7 Å². The van der Waals surface area contributed by atoms with Crippen molar-refractivity contribution in [1.82, 2.24) is 4.90 Å². The molecule has 0 aliphatic carbocycles. The minimum atomic E-state index is -0.314. The summed E-state index contributed by atoms with van der Waals surface area (Å²) in [6, 6.07) is 3.98. The number of carbonyl (C=O) groups excluding carboxylic acids is 1. The third-order valence-electron chi connectivity index (χ3n) is 6.85. The lowest BCUT2D eigenvalue weighted by Gasteiger charge is -2.48. The topological polar surface area (TPSA) is 60.4 Å². The number of rotatable bonds is 5. The van der Waals surface area contributed by atoms with E-state index in [4.69, 9.17) is 30.8 Å². The molecule has 7 heteroatoms. The van der Waals surface area contributed by atoms with Gasteiger partial charge in [0.05, 0.1) is 38.9 Å². The van der Waals surface area contributed by atoms with E-state index in [1.807, 2.05) is 12.1 Å². The zero-order chi connectivity index (χ0) is 21.4. The molecule has 2 fully saturated rings. The minimum absolute atomic E-state index is 0.0688. The maximum Gasteiger partial charge on any atom is 0.337 e. The zero-order valence-corrected chi connectivity index (χ0v) is 18.7. The number of benzene rings is 1. The van der Waals surface area contributed by atoms with Crippen molar-refractivity contribution in [3.05, 3.63) is 34.6 Å². The summed E-state index contributed by atoms with van der Waals surface area (Å²) in [4.78, 5) is 20.1. The summed E-state index contributed by atoms with van der Waals surface area (Å²) >= 11 is 6.30. The monoisotopic (exact) mass is 432 g/mol. The van der Waals surface area contributed by atoms with Crippen molar-refractivity contribution >= 4 is 29.0 Å². The lowest BCUT2D eigenvalue weighted by atomic mass is 9.71. The largest absolute Gasteiger partial charge is 0.504 e. The number of nitrogens with zero attached hydrogens (tertiary/aromatic N) is 2. The summed E-state index contributed by atoms with van der Waals surface area (Å²) in [7, 11) is 4.68. The Balaban J connectivity index is 1.69. The number of esters is 1. The van der Waals surface area contributed by atoms with Crippen LogP contribution in [0.15, 0.2) is 29.0 Å². The molecular weight excluding hydrogens is 404 g/mol. The van der Waals surface area contributed by atoms with E-state index < -0.39 is 0 Å². The molecule has 0 bridgehead atoms. The van der Waals surface area contributed by atoms with Gasteiger partial charge < -0.3 is 14.2 Å². The molecule has 0 N–H and O–H groups in total. The third kappa shape index (κ3) is 3.50. The lowest BCUT2D eigenvalue weighted by Crippen LogP contribution is -2.55. The smallest absolute Gasteiger partial charge is 0.337 e. The van der Waals surface area contributed by atoms with E-state index in [1.165, 1.54) is 7.11 Å². The quantitative estimate of drug-likeness (QED) is 0.393. The Morgan fingerprint density at radius 1 is 1.33 bits per heavy atom. The van der Waals surface area contributed by atoms with Crippen LogP contribution in [0.2, 0.25) is 5.02 Å². The molecule has 4 atom stereocenters. The van der Waals surface area contributed by atoms with Gasteiger partial charge in [-0.2, -0.15) is 0 Å². The summed E-state index contributed by atoms with van der Waals surface area (Å²) in [5.41, 5.74) is 3.84. The van der Waals surface area contributed by atoms with Crippen LogP contribution < -0.4 is 4.74 Å². The molecule has 0 spiro atoms. The molecule has 0 amide bonds. The summed E-state index contributed by atoms with van der Waals surface area (Å²) < 4.78 is 16.0. The molecule has 6 nitrogen and oxygen atoms in total. The molecule has 0 radical (unpaired) electrons. The predicted molar refractivity (Wildman–Crippen MR) is 117 cm³/mol. The number of halogens is 1. The molecule has 3 aliphatic rings. The Bertz CT molecular complexity index is 897. The average molecular weight is 433 g/mol. The average Bonchev–Trinajstić information content (AvgIpc) is 3.14. The fourth-order valence-corrected chi connectivity index (χ4v) is 5.67. The molecule has 3 aliphatic heterocycles. The van der Waals surface area contributed by atoms with Gasteiger partial charge in [-0.15, -0.1) is 0 Å². The molecule has 1 aromatic carbocycles. The van der Waals surface area contributed by atoms with Gasteiger partial charge in [0.1, 0.15) is 5.75 Å². The number of aliphatic imine (C=N–C) groups is 1. The zero-order valence-electron chi connectivity index (χ0n) is 18.0. The van der Waals surface area contributed by atoms with Crippen molar-refractivity contribution in [3.63, 3.8) is 0 Å². The van der Waals surface area contributed by atoms with Crippen molar-refractivity contribution in [2.75, 3.05) is 34.4 Å². The second-order valence-corrected chi connectivity index (χ2v) is 8.68. The normalized spacial score (nSPS) is 28.2. The van der Waals surface area contributed by atoms with Gasteiger partial charge in [-0.3, -0.25) is 9.89 Å². The van der Waals surface area contributed by atoms with Gasteiger partial charge in [-0.05, 0) is 43.4 Å². The van der Waals surface area contributed by atoms with Crippen LogP contribution in [-0.2, 0) is 14.3 Å². The molecule has 1 aromatic rings. The van der Waals surface area contributed by atoms with Crippen molar-refractivity contribution in [1.29, 1.82) is 0 Å². The Morgan fingerprint density at radius 3 is 2.80 bits per heavy atom. The summed E-state index contributed by atoms with van der Waals surface area (Å²) in [5, 5.41) is 0.633. The number of carbonyl (C=O) groups is 1. The van der Waals surface area contributed by atoms with E-state index >= 15 is 0 Å². The van der Waals surface area contributed by atoms with E-state index in [0.717, 1.165) is 55.1 Å². The second-order valence-electron chi connectivity index (χ2n) is 8.24. The number of methoxy groups -OCH3 is 3. The van der Waals surface area contributed by atoms with Crippen LogP contribution in [-0.4, -0.2) is 57.0 Å². The molecule has 162 valence electrons. The van der Waals surface area contributed by atoms with Gasteiger partial charge in [0.2, 0.25) is 0 Å². The van der Waals surface area contributed by atoms with E-state index in [2.05, 4.69) is 11.8 Å². The van der Waals surface area contributed by atoms with Crippen molar-refractivity contribution in [2.24, 2.45) is 16.8 Å². The Hall–Kier alpha value is -2.05. The Labute approximate surface area is 182 Å². The SMILES string of the molecule is CCC1CN2CCC3C(=Nc4cc(Cl)cc(OC)c43)C2CC1/C(=C\OC)C(=O)OC. The first kappa shape index (κ1) is 21.2. The molecule has 3 heterocycles. The van der Waals surface area contributed by atoms with Crippen molar-refractivity contribution < 1.29 is 19.0 Å². The van der Waals surface area contributed by atoms with Crippen LogP contribution in [0.5, 0.6) is 5.75 Å².